The van der Waals surface area contributed by atoms with Crippen LogP contribution in [0.5, 0.6) is 0 Å². The molecule has 1 aromatic heterocycles. The van der Waals surface area contributed by atoms with E-state index in [1.807, 2.05) is 19.2 Å². The first-order valence-electron chi connectivity index (χ1n) is 7.07. The zero-order valence-corrected chi connectivity index (χ0v) is 12.4. The quantitative estimate of drug-likeness (QED) is 0.822. The lowest BCUT2D eigenvalue weighted by atomic mass is 10.1. The van der Waals surface area contributed by atoms with Gasteiger partial charge in [-0.2, -0.15) is 0 Å². The average molecular weight is 273 g/mol. The van der Waals surface area contributed by atoms with Gasteiger partial charge >= 0.3 is 0 Å². The second-order valence-corrected chi connectivity index (χ2v) is 5.41. The highest BCUT2D eigenvalue weighted by atomic mass is 16.3. The van der Waals surface area contributed by atoms with Gasteiger partial charge in [-0.15, -0.1) is 0 Å². The second-order valence-electron chi connectivity index (χ2n) is 5.41. The second kappa shape index (κ2) is 6.09. The summed E-state index contributed by atoms with van der Waals surface area (Å²) in [4.78, 5) is 6.64. The highest BCUT2D eigenvalue weighted by molar-refractivity contribution is 6.01. The molecular formula is C16H23N3O. The van der Waals surface area contributed by atoms with Crippen LogP contribution in [0, 0.1) is 6.92 Å². The van der Waals surface area contributed by atoms with Gasteiger partial charge < -0.3 is 15.7 Å². The molecule has 20 heavy (non-hydrogen) atoms. The van der Waals surface area contributed by atoms with E-state index in [2.05, 4.69) is 35.9 Å². The molecule has 2 aromatic rings. The third kappa shape index (κ3) is 2.85. The van der Waals surface area contributed by atoms with Gasteiger partial charge in [0, 0.05) is 53.2 Å². The molecule has 0 saturated carbocycles. The van der Waals surface area contributed by atoms with Crippen LogP contribution in [0.2, 0.25) is 0 Å². The minimum Gasteiger partial charge on any atom is -0.398 e. The maximum atomic E-state index is 9.09. The number of nitrogens with zero attached hydrogens (tertiary/aromatic N) is 2. The van der Waals surface area contributed by atoms with E-state index in [4.69, 9.17) is 10.8 Å². The summed E-state index contributed by atoms with van der Waals surface area (Å²) in [5.74, 6) is 0. The van der Waals surface area contributed by atoms with Crippen molar-refractivity contribution in [1.82, 2.24) is 4.98 Å². The number of aliphatic hydroxyl groups is 1. The Morgan fingerprint density at radius 3 is 2.70 bits per heavy atom. The van der Waals surface area contributed by atoms with Crippen LogP contribution in [0.25, 0.3) is 10.8 Å². The molecule has 0 bridgehead atoms. The number of nitrogen functional groups attached to an aromatic ring is 1. The minimum atomic E-state index is 0.205. The largest absolute Gasteiger partial charge is 0.398 e. The van der Waals surface area contributed by atoms with Crippen LogP contribution >= 0.6 is 0 Å². The highest BCUT2D eigenvalue weighted by Gasteiger charge is 2.14. The lowest BCUT2D eigenvalue weighted by Gasteiger charge is -2.30. The Labute approximate surface area is 120 Å². The lowest BCUT2D eigenvalue weighted by molar-refractivity contribution is 0.288. The number of nitrogens with two attached hydrogens (primary N) is 1. The highest BCUT2D eigenvalue weighted by Crippen LogP contribution is 2.32. The normalized spacial score (nSPS) is 11.2. The third-order valence-electron chi connectivity index (χ3n) is 3.54. The van der Waals surface area contributed by atoms with Crippen molar-refractivity contribution in [2.75, 3.05) is 23.8 Å². The summed E-state index contributed by atoms with van der Waals surface area (Å²) in [5, 5.41) is 11.2. The van der Waals surface area contributed by atoms with Crippen molar-refractivity contribution >= 4 is 22.1 Å². The van der Waals surface area contributed by atoms with Gasteiger partial charge in [0.1, 0.15) is 0 Å². The maximum Gasteiger partial charge on any atom is 0.0450 e. The number of aromatic nitrogens is 1. The fraction of sp³-hybridized carbons (Fsp3) is 0.438. The Bertz CT molecular complexity index is 596. The Morgan fingerprint density at radius 2 is 2.05 bits per heavy atom. The molecule has 0 aliphatic heterocycles. The van der Waals surface area contributed by atoms with Gasteiger partial charge in [0.05, 0.1) is 0 Å². The van der Waals surface area contributed by atoms with E-state index in [9.17, 15) is 0 Å². The van der Waals surface area contributed by atoms with E-state index in [1.165, 1.54) is 0 Å². The van der Waals surface area contributed by atoms with Gasteiger partial charge in [-0.25, -0.2) is 0 Å². The number of rotatable bonds is 5. The lowest BCUT2D eigenvalue weighted by Crippen LogP contribution is -2.32. The van der Waals surface area contributed by atoms with Crippen LogP contribution in [0.4, 0.5) is 11.4 Å². The number of aliphatic hydroxyl groups excluding tert-OH is 1. The Hall–Kier alpha value is -1.81. The zero-order chi connectivity index (χ0) is 14.7. The molecule has 0 aliphatic rings. The molecule has 0 unspecified atom stereocenters. The topological polar surface area (TPSA) is 62.4 Å². The number of anilines is 2. The van der Waals surface area contributed by atoms with Crippen molar-refractivity contribution in [3.05, 3.63) is 30.1 Å². The summed E-state index contributed by atoms with van der Waals surface area (Å²) < 4.78 is 0. The van der Waals surface area contributed by atoms with Gasteiger partial charge in [0.25, 0.3) is 0 Å². The van der Waals surface area contributed by atoms with E-state index >= 15 is 0 Å². The van der Waals surface area contributed by atoms with Crippen molar-refractivity contribution in [2.45, 2.75) is 33.2 Å². The van der Waals surface area contributed by atoms with Gasteiger partial charge in [-0.1, -0.05) is 0 Å². The molecule has 0 spiro atoms. The summed E-state index contributed by atoms with van der Waals surface area (Å²) in [7, 11) is 0. The van der Waals surface area contributed by atoms with Crippen molar-refractivity contribution < 1.29 is 5.11 Å². The zero-order valence-electron chi connectivity index (χ0n) is 12.4. The molecular weight excluding hydrogens is 250 g/mol. The first-order chi connectivity index (χ1) is 9.54. The average Bonchev–Trinajstić information content (AvgIpc) is 2.41. The fourth-order valence-electron chi connectivity index (χ4n) is 2.50. The number of hydrogen-bond acceptors (Lipinski definition) is 4. The molecule has 3 N–H and O–H groups in total. The first kappa shape index (κ1) is 14.6. The van der Waals surface area contributed by atoms with E-state index in [1.54, 1.807) is 0 Å². The smallest absolute Gasteiger partial charge is 0.0450 e. The summed E-state index contributed by atoms with van der Waals surface area (Å²) in [6, 6.07) is 6.44. The van der Waals surface area contributed by atoms with Gasteiger partial charge in [0.2, 0.25) is 0 Å². The maximum absolute atomic E-state index is 9.09. The van der Waals surface area contributed by atoms with E-state index < -0.39 is 0 Å². The summed E-state index contributed by atoms with van der Waals surface area (Å²) in [6.07, 6.45) is 2.60. The van der Waals surface area contributed by atoms with Crippen molar-refractivity contribution in [1.29, 1.82) is 0 Å². The third-order valence-corrected chi connectivity index (χ3v) is 3.54. The Morgan fingerprint density at radius 1 is 1.30 bits per heavy atom. The van der Waals surface area contributed by atoms with Crippen LogP contribution in [0.1, 0.15) is 26.0 Å². The molecule has 0 saturated heterocycles. The Kier molecular flexibility index (Phi) is 4.45. The molecule has 2 rings (SSSR count). The fourth-order valence-corrected chi connectivity index (χ4v) is 2.50. The van der Waals surface area contributed by atoms with Gasteiger partial charge in [-0.3, -0.25) is 4.98 Å². The van der Waals surface area contributed by atoms with Crippen LogP contribution in [-0.4, -0.2) is 29.3 Å². The van der Waals surface area contributed by atoms with Crippen molar-refractivity contribution in [3.63, 3.8) is 0 Å². The van der Waals surface area contributed by atoms with Gasteiger partial charge in [0.15, 0.2) is 0 Å². The number of benzene rings is 1. The molecule has 1 aromatic carbocycles. The molecule has 4 nitrogen and oxygen atoms in total. The SMILES string of the molecule is Cc1cc2c(N(CCCO)C(C)C)ccc(N)c2cn1. The number of hydrogen-bond donors (Lipinski definition) is 2. The number of fused-ring (bicyclic) bond motifs is 1. The van der Waals surface area contributed by atoms with Crippen LogP contribution in [0.3, 0.4) is 0 Å². The molecule has 0 aliphatic carbocycles. The molecule has 108 valence electrons. The summed E-state index contributed by atoms with van der Waals surface area (Å²) in [5.41, 5.74) is 8.94. The standard InChI is InChI=1S/C16H23N3O/c1-11(2)19(7-4-8-20)16-6-5-15(17)14-10-18-12(3)9-13(14)16/h5-6,9-11,20H,4,7-8,17H2,1-3H3. The molecule has 0 atom stereocenters. The predicted octanol–water partition coefficient (Wildman–Crippen LogP) is 2.72. The van der Waals surface area contributed by atoms with Crippen LogP contribution < -0.4 is 10.6 Å². The van der Waals surface area contributed by atoms with Crippen LogP contribution in [0.15, 0.2) is 24.4 Å². The first-order valence-corrected chi connectivity index (χ1v) is 7.07. The van der Waals surface area contributed by atoms with Gasteiger partial charge in [-0.05, 0) is 45.4 Å². The number of aryl methyl sites for hydroxylation is 1. The molecule has 1 heterocycles. The minimum absolute atomic E-state index is 0.205. The number of pyridine rings is 1. The van der Waals surface area contributed by atoms with E-state index in [-0.39, 0.29) is 6.61 Å². The predicted molar refractivity (Wildman–Crippen MR) is 85.1 cm³/mol. The van der Waals surface area contributed by atoms with E-state index in [0.29, 0.717) is 6.04 Å². The van der Waals surface area contributed by atoms with Crippen molar-refractivity contribution in [2.24, 2.45) is 0 Å². The van der Waals surface area contributed by atoms with Crippen molar-refractivity contribution in [3.8, 4) is 0 Å². The summed E-state index contributed by atoms with van der Waals surface area (Å²) >= 11 is 0. The monoisotopic (exact) mass is 273 g/mol. The Balaban J connectivity index is 2.56. The molecule has 4 heteroatoms. The van der Waals surface area contributed by atoms with Crippen LogP contribution in [-0.2, 0) is 0 Å². The molecule has 0 amide bonds. The summed E-state index contributed by atoms with van der Waals surface area (Å²) in [6.45, 7) is 7.34. The molecule has 0 fully saturated rings. The van der Waals surface area contributed by atoms with E-state index in [0.717, 1.165) is 40.8 Å². The molecule has 0 radical (unpaired) electrons.